The molecule has 0 bridgehead atoms. The van der Waals surface area contributed by atoms with E-state index in [0.717, 1.165) is 12.1 Å². The minimum absolute atomic E-state index is 0.262. The lowest BCUT2D eigenvalue weighted by Crippen LogP contribution is -2.24. The number of aromatic nitrogens is 1. The van der Waals surface area contributed by atoms with Gasteiger partial charge in [0.1, 0.15) is 5.82 Å². The molecule has 0 spiro atoms. The highest BCUT2D eigenvalue weighted by molar-refractivity contribution is 7.92. The predicted molar refractivity (Wildman–Crippen MR) is 108 cm³/mol. The normalized spacial score (nSPS) is 16.2. The second-order valence-corrected chi connectivity index (χ2v) is 8.48. The van der Waals surface area contributed by atoms with Gasteiger partial charge in [0, 0.05) is 11.7 Å². The van der Waals surface area contributed by atoms with Gasteiger partial charge in [-0.05, 0) is 55.7 Å². The van der Waals surface area contributed by atoms with E-state index in [4.69, 9.17) is 0 Å². The Labute approximate surface area is 159 Å². The number of fused-ring (bicyclic) bond motifs is 1. The molecule has 0 fully saturated rings. The van der Waals surface area contributed by atoms with Gasteiger partial charge in [-0.15, -0.1) is 0 Å². The Hall–Kier alpha value is -2.86. The summed E-state index contributed by atoms with van der Waals surface area (Å²) < 4.78 is 27.8. The van der Waals surface area contributed by atoms with E-state index in [2.05, 4.69) is 39.7 Å². The summed E-state index contributed by atoms with van der Waals surface area (Å²) >= 11 is 0. The first-order valence-electron chi connectivity index (χ1n) is 8.87. The fraction of sp³-hybridized carbons (Fsp3) is 0.190. The average molecular weight is 379 g/mol. The first-order valence-corrected chi connectivity index (χ1v) is 10.4. The summed E-state index contributed by atoms with van der Waals surface area (Å²) in [5, 5.41) is 0. The smallest absolute Gasteiger partial charge is 0.263 e. The van der Waals surface area contributed by atoms with Gasteiger partial charge in [-0.3, -0.25) is 4.72 Å². The molecule has 2 aromatic carbocycles. The molecule has 3 aromatic rings. The van der Waals surface area contributed by atoms with Crippen molar-refractivity contribution >= 4 is 27.2 Å². The Morgan fingerprint density at radius 1 is 1.04 bits per heavy atom. The largest absolute Gasteiger partial charge is 0.337 e. The van der Waals surface area contributed by atoms with Crippen LogP contribution in [0.3, 0.4) is 0 Å². The van der Waals surface area contributed by atoms with E-state index >= 15 is 0 Å². The van der Waals surface area contributed by atoms with Crippen LogP contribution >= 0.6 is 0 Å². The van der Waals surface area contributed by atoms with E-state index in [1.165, 1.54) is 11.3 Å². The molecule has 0 saturated heterocycles. The van der Waals surface area contributed by atoms with Crippen LogP contribution in [0.25, 0.3) is 0 Å². The maximum absolute atomic E-state index is 12.6. The minimum Gasteiger partial charge on any atom is -0.337 e. The molecule has 1 N–H and O–H groups in total. The zero-order valence-corrected chi connectivity index (χ0v) is 16.1. The van der Waals surface area contributed by atoms with Gasteiger partial charge < -0.3 is 4.90 Å². The lowest BCUT2D eigenvalue weighted by Gasteiger charge is -2.24. The fourth-order valence-corrected chi connectivity index (χ4v) is 4.85. The number of hydrogen-bond acceptors (Lipinski definition) is 4. The summed E-state index contributed by atoms with van der Waals surface area (Å²) in [5.74, 6) is 0.308. The van der Waals surface area contributed by atoms with Crippen molar-refractivity contribution in [3.8, 4) is 0 Å². The van der Waals surface area contributed by atoms with Gasteiger partial charge in [-0.1, -0.05) is 36.4 Å². The van der Waals surface area contributed by atoms with Gasteiger partial charge in [-0.2, -0.15) is 0 Å². The zero-order chi connectivity index (χ0) is 19.0. The summed E-state index contributed by atoms with van der Waals surface area (Å²) in [5.41, 5.74) is 4.14. The Bertz CT molecular complexity index is 1080. The monoisotopic (exact) mass is 379 g/mol. The van der Waals surface area contributed by atoms with Crippen LogP contribution in [0.15, 0.2) is 71.8 Å². The molecule has 2 heterocycles. The van der Waals surface area contributed by atoms with Gasteiger partial charge in [0.25, 0.3) is 10.0 Å². The van der Waals surface area contributed by atoms with Crippen molar-refractivity contribution in [1.29, 1.82) is 0 Å². The maximum Gasteiger partial charge on any atom is 0.263 e. The third-order valence-electron chi connectivity index (χ3n) is 4.86. The van der Waals surface area contributed by atoms with Crippen LogP contribution in [-0.4, -0.2) is 19.4 Å². The number of anilines is 3. The number of rotatable bonds is 4. The van der Waals surface area contributed by atoms with Crippen LogP contribution in [0.1, 0.15) is 18.1 Å². The van der Waals surface area contributed by atoms with Crippen molar-refractivity contribution in [3.05, 3.63) is 78.0 Å². The third kappa shape index (κ3) is 3.28. The average Bonchev–Trinajstić information content (AvgIpc) is 2.98. The molecule has 138 valence electrons. The number of benzene rings is 2. The van der Waals surface area contributed by atoms with Gasteiger partial charge in [-0.25, -0.2) is 13.4 Å². The minimum atomic E-state index is -3.66. The molecule has 0 saturated carbocycles. The first kappa shape index (κ1) is 17.5. The van der Waals surface area contributed by atoms with E-state index in [9.17, 15) is 8.42 Å². The Morgan fingerprint density at radius 3 is 2.52 bits per heavy atom. The van der Waals surface area contributed by atoms with Crippen LogP contribution in [0.4, 0.5) is 17.2 Å². The Kier molecular flexibility index (Phi) is 4.36. The van der Waals surface area contributed by atoms with Crippen molar-refractivity contribution in [1.82, 2.24) is 4.98 Å². The standard InChI is InChI=1S/C21H21N3O2S/c1-15-7-3-6-10-20(15)27(25,26)23-21-12-11-18(14-22-21)24-16(2)13-17-8-4-5-9-19(17)24/h3-12,14,16H,13H2,1-2H3,(H,22,23). The van der Waals surface area contributed by atoms with Crippen molar-refractivity contribution in [2.75, 3.05) is 9.62 Å². The summed E-state index contributed by atoms with van der Waals surface area (Å²) in [6.07, 6.45) is 2.70. The molecular formula is C21H21N3O2S. The number of para-hydroxylation sites is 1. The summed E-state index contributed by atoms with van der Waals surface area (Å²) in [4.78, 5) is 6.84. The van der Waals surface area contributed by atoms with Crippen molar-refractivity contribution in [2.45, 2.75) is 31.2 Å². The van der Waals surface area contributed by atoms with Crippen LogP contribution in [0.5, 0.6) is 0 Å². The molecule has 6 heteroatoms. The second kappa shape index (κ2) is 6.70. The number of nitrogens with zero attached hydrogens (tertiary/aromatic N) is 2. The van der Waals surface area contributed by atoms with Crippen molar-refractivity contribution < 1.29 is 8.42 Å². The summed E-state index contributed by atoms with van der Waals surface area (Å²) in [7, 11) is -3.66. The van der Waals surface area contributed by atoms with Gasteiger partial charge >= 0.3 is 0 Å². The van der Waals surface area contributed by atoms with Crippen LogP contribution in [0.2, 0.25) is 0 Å². The lowest BCUT2D eigenvalue weighted by molar-refractivity contribution is 0.600. The SMILES string of the molecule is Cc1ccccc1S(=O)(=O)Nc1ccc(N2c3ccccc3CC2C)cn1. The van der Waals surface area contributed by atoms with Crippen LogP contribution in [-0.2, 0) is 16.4 Å². The molecule has 0 amide bonds. The summed E-state index contributed by atoms with van der Waals surface area (Å²) in [6.45, 7) is 3.95. The second-order valence-electron chi connectivity index (χ2n) is 6.82. The number of pyridine rings is 1. The fourth-order valence-electron chi connectivity index (χ4n) is 3.60. The molecule has 1 aliphatic heterocycles. The highest BCUT2D eigenvalue weighted by Gasteiger charge is 2.27. The van der Waals surface area contributed by atoms with E-state index in [1.54, 1.807) is 37.4 Å². The molecule has 0 radical (unpaired) electrons. The van der Waals surface area contributed by atoms with Crippen molar-refractivity contribution in [3.63, 3.8) is 0 Å². The van der Waals surface area contributed by atoms with E-state index in [1.807, 2.05) is 18.2 Å². The Morgan fingerprint density at radius 2 is 1.78 bits per heavy atom. The van der Waals surface area contributed by atoms with Crippen LogP contribution < -0.4 is 9.62 Å². The lowest BCUT2D eigenvalue weighted by atomic mass is 10.1. The number of nitrogens with one attached hydrogen (secondary N) is 1. The van der Waals surface area contributed by atoms with Gasteiger partial charge in [0.05, 0.1) is 16.8 Å². The number of aryl methyl sites for hydroxylation is 1. The number of hydrogen-bond donors (Lipinski definition) is 1. The topological polar surface area (TPSA) is 62.3 Å². The van der Waals surface area contributed by atoms with E-state index < -0.39 is 10.0 Å². The Balaban J connectivity index is 1.59. The molecule has 4 rings (SSSR count). The first-order chi connectivity index (χ1) is 13.0. The molecular weight excluding hydrogens is 358 g/mol. The molecule has 27 heavy (non-hydrogen) atoms. The van der Waals surface area contributed by atoms with E-state index in [-0.39, 0.29) is 4.90 Å². The predicted octanol–water partition coefficient (Wildman–Crippen LogP) is 4.27. The molecule has 1 atom stereocenters. The molecule has 0 aliphatic carbocycles. The summed E-state index contributed by atoms with van der Waals surface area (Å²) in [6, 6.07) is 19.2. The quantitative estimate of drug-likeness (QED) is 0.735. The zero-order valence-electron chi connectivity index (χ0n) is 15.3. The maximum atomic E-state index is 12.6. The number of sulfonamides is 1. The van der Waals surface area contributed by atoms with Gasteiger partial charge in [0.15, 0.2) is 0 Å². The highest BCUT2D eigenvalue weighted by Crippen LogP contribution is 2.37. The molecule has 1 aliphatic rings. The highest BCUT2D eigenvalue weighted by atomic mass is 32.2. The third-order valence-corrected chi connectivity index (χ3v) is 6.37. The molecule has 1 aromatic heterocycles. The molecule has 1 unspecified atom stereocenters. The van der Waals surface area contributed by atoms with Crippen LogP contribution in [0, 0.1) is 6.92 Å². The van der Waals surface area contributed by atoms with Crippen molar-refractivity contribution in [2.24, 2.45) is 0 Å². The van der Waals surface area contributed by atoms with Gasteiger partial charge in [0.2, 0.25) is 0 Å². The molecule has 5 nitrogen and oxygen atoms in total. The van der Waals surface area contributed by atoms with E-state index in [0.29, 0.717) is 17.4 Å².